The third-order valence-corrected chi connectivity index (χ3v) is 9.32. The molecule has 0 heterocycles. The maximum Gasteiger partial charge on any atom is 0.0425 e. The Kier molecular flexibility index (Phi) is 18.8. The summed E-state index contributed by atoms with van der Waals surface area (Å²) in [6.07, 6.45) is 20.2. The summed E-state index contributed by atoms with van der Waals surface area (Å²) in [4.78, 5) is 0. The number of allylic oxidation sites excluding steroid dienone is 7. The van der Waals surface area contributed by atoms with Crippen molar-refractivity contribution >= 4 is 7.05 Å². The molecule has 0 aliphatic heterocycles. The molecule has 0 saturated carbocycles. The van der Waals surface area contributed by atoms with Crippen LogP contribution in [-0.4, -0.2) is 18.5 Å². The molecule has 29 heavy (non-hydrogen) atoms. The fourth-order valence-electron chi connectivity index (χ4n) is 3.78. The molecule has 1 nitrogen and oxygen atoms in total. The van der Waals surface area contributed by atoms with Crippen molar-refractivity contribution in [1.82, 2.24) is 0 Å². The maximum absolute atomic E-state index is 5.19. The van der Waals surface area contributed by atoms with Crippen LogP contribution in [0.25, 0.3) is 0 Å². The second-order valence-corrected chi connectivity index (χ2v) is 12.6. The molecule has 3 heteroatoms. The van der Waals surface area contributed by atoms with E-state index in [1.807, 2.05) is 0 Å². The van der Waals surface area contributed by atoms with Gasteiger partial charge in [0.05, 0.1) is 0 Å². The number of hydrogen-bond donors (Lipinski definition) is 0. The standard InChI is InChI=1S/C14H26NP.C12H22.Ti/c1-4-11-16(12-5-2,13-6-3)15-14-9-7-8-10-14;1-9(2)7-11(5)12(6)8-10(3)4;/h7-9H,4-6,10-13H2,1-3H3;7-10H,1-6H3;. The molecule has 1 rings (SSSR count). The monoisotopic (exact) mass is 453 g/mol. The average Bonchev–Trinajstić information content (AvgIpc) is 3.07. The summed E-state index contributed by atoms with van der Waals surface area (Å²) in [5.74, 6) is 1.31. The molecule has 0 atom stereocenters. The van der Waals surface area contributed by atoms with Gasteiger partial charge >= 0.3 is 0 Å². The fourth-order valence-corrected chi connectivity index (χ4v) is 7.94. The van der Waals surface area contributed by atoms with E-state index in [0.29, 0.717) is 11.8 Å². The summed E-state index contributed by atoms with van der Waals surface area (Å²) in [6, 6.07) is 0. The Morgan fingerprint density at radius 3 is 1.59 bits per heavy atom. The molecule has 0 aromatic carbocycles. The van der Waals surface area contributed by atoms with Crippen LogP contribution < -0.4 is 0 Å². The topological polar surface area (TPSA) is 12.4 Å². The van der Waals surface area contributed by atoms with Crippen LogP contribution in [0.5, 0.6) is 0 Å². The summed E-state index contributed by atoms with van der Waals surface area (Å²) in [7, 11) is -1.03. The van der Waals surface area contributed by atoms with E-state index in [4.69, 9.17) is 4.74 Å². The van der Waals surface area contributed by atoms with Gasteiger partial charge in [0.1, 0.15) is 0 Å². The van der Waals surface area contributed by atoms with Gasteiger partial charge in [0.2, 0.25) is 0 Å². The molecule has 0 aromatic heterocycles. The molecule has 0 fully saturated rings. The number of rotatable bonds is 10. The zero-order valence-electron chi connectivity index (χ0n) is 20.9. The first-order valence-electron chi connectivity index (χ1n) is 11.5. The van der Waals surface area contributed by atoms with Crippen molar-refractivity contribution < 1.29 is 21.7 Å². The SMILES string of the molecule is CC(=CC(C)C)C(C)=CC(C)C.CCCP(CCC)(CCC)=NC1=CC=CC1.[Ti]. The smallest absolute Gasteiger partial charge is 0.0425 e. The molecule has 0 unspecified atom stereocenters. The summed E-state index contributed by atoms with van der Waals surface area (Å²) in [6.45, 7) is 20.1. The van der Waals surface area contributed by atoms with Crippen molar-refractivity contribution in [3.8, 4) is 0 Å². The van der Waals surface area contributed by atoms with Crippen LogP contribution in [0.2, 0.25) is 0 Å². The Morgan fingerprint density at radius 1 is 0.897 bits per heavy atom. The average molecular weight is 454 g/mol. The van der Waals surface area contributed by atoms with Gasteiger partial charge in [-0.15, -0.1) is 0 Å². The van der Waals surface area contributed by atoms with E-state index in [0.717, 1.165) is 6.42 Å². The van der Waals surface area contributed by atoms with Gasteiger partial charge in [-0.3, -0.25) is 4.74 Å². The van der Waals surface area contributed by atoms with E-state index < -0.39 is 7.05 Å². The van der Waals surface area contributed by atoms with Crippen LogP contribution >= 0.6 is 7.05 Å². The van der Waals surface area contributed by atoms with Gasteiger partial charge in [-0.1, -0.05) is 103 Å². The van der Waals surface area contributed by atoms with Crippen LogP contribution in [0.1, 0.15) is 88.0 Å². The van der Waals surface area contributed by atoms with Crippen LogP contribution in [0.15, 0.2) is 52.0 Å². The summed E-state index contributed by atoms with van der Waals surface area (Å²) >= 11 is 0. The van der Waals surface area contributed by atoms with Gasteiger partial charge in [-0.25, -0.2) is 0 Å². The number of hydrogen-bond acceptors (Lipinski definition) is 1. The maximum atomic E-state index is 5.19. The van der Waals surface area contributed by atoms with Crippen LogP contribution in [0.3, 0.4) is 0 Å². The van der Waals surface area contributed by atoms with Crippen molar-refractivity contribution in [3.05, 3.63) is 47.2 Å². The first-order chi connectivity index (χ1) is 13.2. The van der Waals surface area contributed by atoms with E-state index in [-0.39, 0.29) is 21.7 Å². The van der Waals surface area contributed by atoms with E-state index in [9.17, 15) is 0 Å². The first-order valence-corrected chi connectivity index (χ1v) is 13.8. The van der Waals surface area contributed by atoms with Gasteiger partial charge < -0.3 is 0 Å². The van der Waals surface area contributed by atoms with Gasteiger partial charge in [-0.2, -0.15) is 0 Å². The van der Waals surface area contributed by atoms with Gasteiger partial charge in [0, 0.05) is 33.8 Å². The van der Waals surface area contributed by atoms with E-state index in [2.05, 4.69) is 92.7 Å². The van der Waals surface area contributed by atoms with Gasteiger partial charge in [0.25, 0.3) is 0 Å². The zero-order chi connectivity index (χ0) is 21.6. The third kappa shape index (κ3) is 14.5. The fraction of sp³-hybridized carbons (Fsp3) is 0.692. The van der Waals surface area contributed by atoms with E-state index in [1.54, 1.807) is 0 Å². The van der Waals surface area contributed by atoms with Crippen LogP contribution in [-0.2, 0) is 21.7 Å². The predicted octanol–water partition coefficient (Wildman–Crippen LogP) is 9.45. The quantitative estimate of drug-likeness (QED) is 0.177. The Hall–Kier alpha value is -0.0957. The molecule has 0 spiro atoms. The Labute approximate surface area is 198 Å². The largest absolute Gasteiger partial charge is 0.272 e. The predicted molar refractivity (Wildman–Crippen MR) is 134 cm³/mol. The third-order valence-electron chi connectivity index (χ3n) is 4.80. The minimum atomic E-state index is -1.03. The summed E-state index contributed by atoms with van der Waals surface area (Å²) in [5, 5.41) is 0. The van der Waals surface area contributed by atoms with E-state index >= 15 is 0 Å². The molecule has 0 saturated heterocycles. The van der Waals surface area contributed by atoms with Gasteiger partial charge in [0.15, 0.2) is 0 Å². The molecule has 1 aliphatic carbocycles. The summed E-state index contributed by atoms with van der Waals surface area (Å²) < 4.78 is 5.19. The van der Waals surface area contributed by atoms with Crippen LogP contribution in [0.4, 0.5) is 0 Å². The van der Waals surface area contributed by atoms with Crippen molar-refractivity contribution in [2.75, 3.05) is 18.5 Å². The second-order valence-electron chi connectivity index (χ2n) is 8.84. The first kappa shape index (κ1) is 31.1. The molecule has 1 aliphatic rings. The van der Waals surface area contributed by atoms with Crippen molar-refractivity contribution in [3.63, 3.8) is 0 Å². The Morgan fingerprint density at radius 2 is 1.31 bits per heavy atom. The molecule has 0 N–H and O–H groups in total. The molecule has 0 amide bonds. The number of nitrogens with zero attached hydrogens (tertiary/aromatic N) is 1. The van der Waals surface area contributed by atoms with Crippen molar-refractivity contribution in [2.24, 2.45) is 16.6 Å². The van der Waals surface area contributed by atoms with Crippen LogP contribution in [0, 0.1) is 11.8 Å². The van der Waals surface area contributed by atoms with Crippen molar-refractivity contribution in [2.45, 2.75) is 88.0 Å². The second kappa shape index (κ2) is 17.6. The minimum absolute atomic E-state index is 0. The Balaban J connectivity index is 0. The normalized spacial score (nSPS) is 14.5. The molecule has 0 aromatic rings. The molecule has 166 valence electrons. The molecular weight excluding hydrogens is 405 g/mol. The molecular formula is C26H48NPTi. The minimum Gasteiger partial charge on any atom is -0.272 e. The van der Waals surface area contributed by atoms with Gasteiger partial charge in [-0.05, 0) is 57.3 Å². The molecule has 0 radical (unpaired) electrons. The van der Waals surface area contributed by atoms with E-state index in [1.165, 1.54) is 54.6 Å². The Bertz CT molecular complexity index is 560. The zero-order valence-corrected chi connectivity index (χ0v) is 23.3. The molecule has 0 bridgehead atoms. The summed E-state index contributed by atoms with van der Waals surface area (Å²) in [5.41, 5.74) is 4.17. The van der Waals surface area contributed by atoms with Crippen molar-refractivity contribution in [1.29, 1.82) is 0 Å².